The van der Waals surface area contributed by atoms with Gasteiger partial charge in [0.15, 0.2) is 0 Å². The highest BCUT2D eigenvalue weighted by atomic mass is 19.1. The highest BCUT2D eigenvalue weighted by Gasteiger charge is 2.30. The number of fused-ring (bicyclic) bond motifs is 2. The summed E-state index contributed by atoms with van der Waals surface area (Å²) in [4.78, 5) is 0. The van der Waals surface area contributed by atoms with E-state index in [1.54, 1.807) is 12.1 Å². The van der Waals surface area contributed by atoms with Crippen molar-refractivity contribution in [2.24, 2.45) is 0 Å². The first-order valence-electron chi connectivity index (χ1n) is 7.59. The van der Waals surface area contributed by atoms with Crippen LogP contribution in [0, 0.1) is 5.82 Å². The van der Waals surface area contributed by atoms with Crippen LogP contribution in [0.25, 0.3) is 32.3 Å². The topological polar surface area (TPSA) is 40.5 Å². The number of hydrogen-bond acceptors (Lipinski definition) is 2. The zero-order valence-corrected chi connectivity index (χ0v) is 12.1. The van der Waals surface area contributed by atoms with Crippen LogP contribution in [-0.2, 0) is 0 Å². The lowest BCUT2D eigenvalue weighted by molar-refractivity contribution is 0.0179. The van der Waals surface area contributed by atoms with Gasteiger partial charge in [0.1, 0.15) is 18.0 Å². The molecule has 2 nitrogen and oxygen atoms in total. The SMILES string of the molecule is O[C@@H]1c2cccc3ccc4c5ccc(F)cc5cc(c4c23)[C@H]1O. The van der Waals surface area contributed by atoms with Gasteiger partial charge < -0.3 is 10.2 Å². The number of aliphatic hydroxyl groups is 2. The van der Waals surface area contributed by atoms with Crippen molar-refractivity contribution in [3.05, 3.63) is 71.5 Å². The normalized spacial score (nSPS) is 20.0. The Morgan fingerprint density at radius 2 is 1.48 bits per heavy atom. The van der Waals surface area contributed by atoms with Crippen LogP contribution in [0.15, 0.2) is 54.6 Å². The quantitative estimate of drug-likeness (QED) is 0.474. The van der Waals surface area contributed by atoms with E-state index in [1.165, 1.54) is 12.1 Å². The number of rotatable bonds is 0. The molecule has 0 amide bonds. The average molecular weight is 304 g/mol. The minimum atomic E-state index is -1.01. The highest BCUT2D eigenvalue weighted by molar-refractivity contribution is 6.20. The van der Waals surface area contributed by atoms with Crippen molar-refractivity contribution in [3.63, 3.8) is 0 Å². The van der Waals surface area contributed by atoms with Gasteiger partial charge in [-0.05, 0) is 61.6 Å². The van der Waals surface area contributed by atoms with Crippen molar-refractivity contribution in [3.8, 4) is 0 Å². The van der Waals surface area contributed by atoms with Crippen molar-refractivity contribution in [1.82, 2.24) is 0 Å². The third-order valence-electron chi connectivity index (χ3n) is 4.92. The Bertz CT molecular complexity index is 1120. The van der Waals surface area contributed by atoms with Crippen LogP contribution in [-0.4, -0.2) is 10.2 Å². The summed E-state index contributed by atoms with van der Waals surface area (Å²) in [5, 5.41) is 26.7. The van der Waals surface area contributed by atoms with Gasteiger partial charge in [0.2, 0.25) is 0 Å². The zero-order chi connectivity index (χ0) is 15.7. The van der Waals surface area contributed by atoms with Crippen molar-refractivity contribution in [1.29, 1.82) is 0 Å². The molecule has 3 heteroatoms. The molecule has 1 aliphatic rings. The maximum Gasteiger partial charge on any atom is 0.123 e. The van der Waals surface area contributed by atoms with Crippen LogP contribution in [0.5, 0.6) is 0 Å². The molecule has 0 aliphatic heterocycles. The summed E-state index contributed by atoms with van der Waals surface area (Å²) in [6.45, 7) is 0. The Morgan fingerprint density at radius 1 is 0.696 bits per heavy atom. The first-order valence-corrected chi connectivity index (χ1v) is 7.59. The summed E-state index contributed by atoms with van der Waals surface area (Å²) in [6, 6.07) is 16.3. The molecule has 0 saturated heterocycles. The largest absolute Gasteiger partial charge is 0.385 e. The minimum Gasteiger partial charge on any atom is -0.385 e. The molecule has 2 N–H and O–H groups in total. The van der Waals surface area contributed by atoms with Gasteiger partial charge in [0.25, 0.3) is 0 Å². The number of benzene rings is 4. The predicted octanol–water partition coefficient (Wildman–Crippen LogP) is 4.37. The van der Waals surface area contributed by atoms with Crippen LogP contribution < -0.4 is 0 Å². The first kappa shape index (κ1) is 13.0. The molecule has 2 atom stereocenters. The van der Waals surface area contributed by atoms with Gasteiger partial charge >= 0.3 is 0 Å². The predicted molar refractivity (Wildman–Crippen MR) is 88.8 cm³/mol. The summed E-state index contributed by atoms with van der Waals surface area (Å²) < 4.78 is 13.6. The summed E-state index contributed by atoms with van der Waals surface area (Å²) in [7, 11) is 0. The molecule has 23 heavy (non-hydrogen) atoms. The van der Waals surface area contributed by atoms with E-state index < -0.39 is 12.2 Å². The molecule has 1 aliphatic carbocycles. The van der Waals surface area contributed by atoms with Gasteiger partial charge in [-0.15, -0.1) is 0 Å². The summed E-state index contributed by atoms with van der Waals surface area (Å²) in [6.07, 6.45) is -1.98. The van der Waals surface area contributed by atoms with Gasteiger partial charge in [0.05, 0.1) is 0 Å². The fourth-order valence-corrected chi connectivity index (χ4v) is 3.89. The monoisotopic (exact) mass is 304 g/mol. The third-order valence-corrected chi connectivity index (χ3v) is 4.92. The van der Waals surface area contributed by atoms with E-state index in [4.69, 9.17) is 0 Å². The van der Waals surface area contributed by atoms with Crippen LogP contribution in [0.1, 0.15) is 23.3 Å². The fourth-order valence-electron chi connectivity index (χ4n) is 3.89. The van der Waals surface area contributed by atoms with E-state index in [0.29, 0.717) is 5.56 Å². The lowest BCUT2D eigenvalue weighted by Gasteiger charge is -2.28. The molecule has 4 aromatic rings. The number of halogens is 1. The maximum atomic E-state index is 13.6. The van der Waals surface area contributed by atoms with Gasteiger partial charge in [-0.1, -0.05) is 36.4 Å². The molecule has 0 heterocycles. The molecule has 0 fully saturated rings. The molecule has 0 spiro atoms. The molecule has 5 rings (SSSR count). The lowest BCUT2D eigenvalue weighted by Crippen LogP contribution is -2.15. The van der Waals surface area contributed by atoms with E-state index in [-0.39, 0.29) is 5.82 Å². The Hall–Kier alpha value is -2.49. The smallest absolute Gasteiger partial charge is 0.123 e. The second-order valence-corrected chi connectivity index (χ2v) is 6.15. The average Bonchev–Trinajstić information content (AvgIpc) is 2.57. The molecule has 112 valence electrons. The van der Waals surface area contributed by atoms with Crippen molar-refractivity contribution in [2.45, 2.75) is 12.2 Å². The Balaban J connectivity index is 2.12. The van der Waals surface area contributed by atoms with Gasteiger partial charge in [-0.2, -0.15) is 0 Å². The van der Waals surface area contributed by atoms with E-state index in [2.05, 4.69) is 0 Å². The van der Waals surface area contributed by atoms with Crippen LogP contribution in [0.3, 0.4) is 0 Å². The molecular weight excluding hydrogens is 291 g/mol. The summed E-state index contributed by atoms with van der Waals surface area (Å²) in [5.74, 6) is -0.309. The van der Waals surface area contributed by atoms with Crippen LogP contribution >= 0.6 is 0 Å². The Kier molecular flexibility index (Phi) is 2.42. The minimum absolute atomic E-state index is 0.309. The standard InChI is InChI=1S/C20H13FO2/c21-12-5-7-13-11(8-12)9-16-18-14(13)6-4-10-2-1-3-15(17(10)18)19(22)20(16)23/h1-9,19-20,22-23H/t19-,20-/m1/s1. The Labute approximate surface area is 131 Å². The molecule has 0 aromatic heterocycles. The number of aliphatic hydroxyl groups excluding tert-OH is 2. The summed E-state index contributed by atoms with van der Waals surface area (Å²) >= 11 is 0. The van der Waals surface area contributed by atoms with E-state index >= 15 is 0 Å². The highest BCUT2D eigenvalue weighted by Crippen LogP contribution is 2.46. The molecule has 0 bridgehead atoms. The number of hydrogen-bond donors (Lipinski definition) is 2. The van der Waals surface area contributed by atoms with Gasteiger partial charge in [0, 0.05) is 0 Å². The van der Waals surface area contributed by atoms with E-state index in [0.717, 1.165) is 37.9 Å². The van der Waals surface area contributed by atoms with Crippen molar-refractivity contribution < 1.29 is 14.6 Å². The first-order chi connectivity index (χ1) is 11.1. The van der Waals surface area contributed by atoms with Crippen molar-refractivity contribution in [2.75, 3.05) is 0 Å². The van der Waals surface area contributed by atoms with E-state index in [9.17, 15) is 14.6 Å². The fraction of sp³-hybridized carbons (Fsp3) is 0.100. The zero-order valence-electron chi connectivity index (χ0n) is 12.1. The molecule has 4 aromatic carbocycles. The second kappa shape index (κ2) is 4.28. The van der Waals surface area contributed by atoms with Crippen LogP contribution in [0.4, 0.5) is 4.39 Å². The van der Waals surface area contributed by atoms with Gasteiger partial charge in [-0.25, -0.2) is 4.39 Å². The van der Waals surface area contributed by atoms with Gasteiger partial charge in [-0.3, -0.25) is 0 Å². The molecule has 0 radical (unpaired) electrons. The second-order valence-electron chi connectivity index (χ2n) is 6.15. The molecule has 0 saturated carbocycles. The molecular formula is C20H13FO2. The van der Waals surface area contributed by atoms with E-state index in [1.807, 2.05) is 30.3 Å². The lowest BCUT2D eigenvalue weighted by atomic mass is 9.81. The van der Waals surface area contributed by atoms with Crippen LogP contribution in [0.2, 0.25) is 0 Å². The molecule has 0 unspecified atom stereocenters. The maximum absolute atomic E-state index is 13.6. The third kappa shape index (κ3) is 1.58. The van der Waals surface area contributed by atoms with Crippen molar-refractivity contribution >= 4 is 32.3 Å². The Morgan fingerprint density at radius 3 is 2.35 bits per heavy atom. The summed E-state index contributed by atoms with van der Waals surface area (Å²) in [5.41, 5.74) is 1.41.